The number of anilines is 1. The number of carbonyl (C=O) groups excluding carboxylic acids is 1. The lowest BCUT2D eigenvalue weighted by molar-refractivity contribution is -0.120. The molecule has 3 aromatic rings. The number of halogens is 1. The SMILES string of the molecule is COc1ccc(Cl)cc1N(CC(=O)N[C@H](C)c1ccc2c(c1)CCC2)S(=O)(=O)c1ccccc1. The summed E-state index contributed by atoms with van der Waals surface area (Å²) >= 11 is 6.18. The minimum atomic E-state index is -4.07. The Balaban J connectivity index is 1.63. The van der Waals surface area contributed by atoms with E-state index in [0.29, 0.717) is 10.8 Å². The zero-order valence-electron chi connectivity index (χ0n) is 19.1. The van der Waals surface area contributed by atoms with Gasteiger partial charge in [0.1, 0.15) is 12.3 Å². The molecule has 0 aliphatic heterocycles. The van der Waals surface area contributed by atoms with Crippen LogP contribution in [0.1, 0.15) is 36.1 Å². The van der Waals surface area contributed by atoms with Gasteiger partial charge in [-0.3, -0.25) is 9.10 Å². The third-order valence-corrected chi connectivity index (χ3v) is 8.04. The second kappa shape index (κ2) is 10.1. The molecule has 4 rings (SSSR count). The Morgan fingerprint density at radius 1 is 1.06 bits per heavy atom. The van der Waals surface area contributed by atoms with Crippen molar-refractivity contribution >= 4 is 33.2 Å². The molecule has 6 nitrogen and oxygen atoms in total. The van der Waals surface area contributed by atoms with Crippen molar-refractivity contribution in [3.8, 4) is 5.75 Å². The molecule has 1 atom stereocenters. The van der Waals surface area contributed by atoms with Gasteiger partial charge in [-0.15, -0.1) is 0 Å². The van der Waals surface area contributed by atoms with Gasteiger partial charge in [-0.25, -0.2) is 8.42 Å². The number of nitrogens with one attached hydrogen (secondary N) is 1. The Morgan fingerprint density at radius 2 is 1.79 bits per heavy atom. The summed E-state index contributed by atoms with van der Waals surface area (Å²) in [5, 5.41) is 3.27. The van der Waals surface area contributed by atoms with Crippen molar-refractivity contribution in [1.29, 1.82) is 0 Å². The van der Waals surface area contributed by atoms with E-state index in [2.05, 4.69) is 17.4 Å². The Labute approximate surface area is 205 Å². The molecule has 0 spiro atoms. The Bertz CT molecular complexity index is 1300. The first kappa shape index (κ1) is 24.1. The molecule has 1 aliphatic carbocycles. The molecular weight excluding hydrogens is 472 g/mol. The minimum Gasteiger partial charge on any atom is -0.495 e. The number of hydrogen-bond donors (Lipinski definition) is 1. The molecule has 0 heterocycles. The summed E-state index contributed by atoms with van der Waals surface area (Å²) in [7, 11) is -2.63. The van der Waals surface area contributed by atoms with Crippen LogP contribution in [0.3, 0.4) is 0 Å². The first-order valence-electron chi connectivity index (χ1n) is 11.1. The van der Waals surface area contributed by atoms with Gasteiger partial charge in [0.25, 0.3) is 10.0 Å². The van der Waals surface area contributed by atoms with Crippen LogP contribution in [0.25, 0.3) is 0 Å². The molecular formula is C26H27ClN2O4S. The summed E-state index contributed by atoms with van der Waals surface area (Å²) in [5.74, 6) is -0.141. The average molecular weight is 499 g/mol. The van der Waals surface area contributed by atoms with E-state index < -0.39 is 22.5 Å². The quantitative estimate of drug-likeness (QED) is 0.478. The number of nitrogens with zero attached hydrogens (tertiary/aromatic N) is 1. The molecule has 34 heavy (non-hydrogen) atoms. The van der Waals surface area contributed by atoms with Crippen molar-refractivity contribution < 1.29 is 17.9 Å². The van der Waals surface area contributed by atoms with Crippen molar-refractivity contribution in [3.63, 3.8) is 0 Å². The molecule has 0 unspecified atom stereocenters. The van der Waals surface area contributed by atoms with Crippen molar-refractivity contribution in [1.82, 2.24) is 5.32 Å². The largest absolute Gasteiger partial charge is 0.495 e. The zero-order valence-corrected chi connectivity index (χ0v) is 20.7. The number of rotatable bonds is 8. The highest BCUT2D eigenvalue weighted by atomic mass is 35.5. The zero-order chi connectivity index (χ0) is 24.3. The maximum atomic E-state index is 13.6. The first-order chi connectivity index (χ1) is 16.3. The van der Waals surface area contributed by atoms with E-state index in [4.69, 9.17) is 16.3 Å². The number of sulfonamides is 1. The molecule has 0 radical (unpaired) electrons. The molecule has 1 aliphatic rings. The highest BCUT2D eigenvalue weighted by Gasteiger charge is 2.30. The Kier molecular flexibility index (Phi) is 7.14. The number of fused-ring (bicyclic) bond motifs is 1. The Hall–Kier alpha value is -3.03. The van der Waals surface area contributed by atoms with Crippen LogP contribution in [0.2, 0.25) is 5.02 Å². The van der Waals surface area contributed by atoms with Gasteiger partial charge in [0.05, 0.1) is 23.7 Å². The van der Waals surface area contributed by atoms with Crippen LogP contribution in [0, 0.1) is 0 Å². The first-order valence-corrected chi connectivity index (χ1v) is 12.9. The Morgan fingerprint density at radius 3 is 2.53 bits per heavy atom. The molecule has 0 bridgehead atoms. The minimum absolute atomic E-state index is 0.0662. The predicted molar refractivity (Wildman–Crippen MR) is 134 cm³/mol. The molecule has 178 valence electrons. The van der Waals surface area contributed by atoms with E-state index >= 15 is 0 Å². The summed E-state index contributed by atoms with van der Waals surface area (Å²) in [6.07, 6.45) is 3.28. The lowest BCUT2D eigenvalue weighted by Crippen LogP contribution is -2.41. The van der Waals surface area contributed by atoms with E-state index in [9.17, 15) is 13.2 Å². The number of hydrogen-bond acceptors (Lipinski definition) is 4. The third-order valence-electron chi connectivity index (χ3n) is 6.03. The van der Waals surface area contributed by atoms with Gasteiger partial charge in [0, 0.05) is 5.02 Å². The van der Waals surface area contributed by atoms with Crippen LogP contribution in [-0.4, -0.2) is 28.0 Å². The van der Waals surface area contributed by atoms with E-state index in [-0.39, 0.29) is 16.6 Å². The molecule has 0 fully saturated rings. The summed E-state index contributed by atoms with van der Waals surface area (Å²) in [5.41, 5.74) is 3.86. The van der Waals surface area contributed by atoms with E-state index in [0.717, 1.165) is 29.1 Å². The molecule has 1 N–H and O–H groups in total. The van der Waals surface area contributed by atoms with Gasteiger partial charge in [-0.1, -0.05) is 48.0 Å². The lowest BCUT2D eigenvalue weighted by atomic mass is 10.0. The fourth-order valence-corrected chi connectivity index (χ4v) is 5.85. The monoisotopic (exact) mass is 498 g/mol. The maximum absolute atomic E-state index is 13.6. The number of carbonyl (C=O) groups is 1. The summed E-state index contributed by atoms with van der Waals surface area (Å²) in [4.78, 5) is 13.2. The second-order valence-electron chi connectivity index (χ2n) is 8.31. The van der Waals surface area contributed by atoms with Gasteiger partial charge in [0.15, 0.2) is 0 Å². The van der Waals surface area contributed by atoms with Crippen LogP contribution in [0.4, 0.5) is 5.69 Å². The summed E-state index contributed by atoms with van der Waals surface area (Å²) < 4.78 is 33.6. The number of methoxy groups -OCH3 is 1. The van der Waals surface area contributed by atoms with Gasteiger partial charge < -0.3 is 10.1 Å². The molecule has 0 aromatic heterocycles. The highest BCUT2D eigenvalue weighted by molar-refractivity contribution is 7.92. The predicted octanol–water partition coefficient (Wildman–Crippen LogP) is 4.91. The van der Waals surface area contributed by atoms with Crippen LogP contribution < -0.4 is 14.4 Å². The molecule has 1 amide bonds. The van der Waals surface area contributed by atoms with Gasteiger partial charge in [-0.2, -0.15) is 0 Å². The van der Waals surface area contributed by atoms with Crippen LogP contribution in [0.5, 0.6) is 5.75 Å². The molecule has 0 saturated heterocycles. The smallest absolute Gasteiger partial charge is 0.264 e. The molecule has 3 aromatic carbocycles. The molecule has 8 heteroatoms. The average Bonchev–Trinajstić information content (AvgIpc) is 3.31. The topological polar surface area (TPSA) is 75.7 Å². The van der Waals surface area contributed by atoms with Crippen molar-refractivity contribution in [2.75, 3.05) is 18.0 Å². The van der Waals surface area contributed by atoms with Gasteiger partial charge in [-0.05, 0) is 73.2 Å². The standard InChI is InChI=1S/C26H27ClN2O4S/c1-18(20-12-11-19-7-6-8-21(19)15-20)28-26(30)17-29(24-16-22(27)13-14-25(24)33-2)34(31,32)23-9-4-3-5-10-23/h3-5,9-16,18H,6-8,17H2,1-2H3,(H,28,30)/t18-/m1/s1. The lowest BCUT2D eigenvalue weighted by Gasteiger charge is -2.26. The van der Waals surface area contributed by atoms with Crippen LogP contribution in [-0.2, 0) is 27.7 Å². The van der Waals surface area contributed by atoms with Gasteiger partial charge in [0.2, 0.25) is 5.91 Å². The number of benzene rings is 3. The van der Waals surface area contributed by atoms with Crippen LogP contribution >= 0.6 is 11.6 Å². The maximum Gasteiger partial charge on any atom is 0.264 e. The third kappa shape index (κ3) is 5.05. The van der Waals surface area contributed by atoms with Gasteiger partial charge >= 0.3 is 0 Å². The van der Waals surface area contributed by atoms with Crippen molar-refractivity contribution in [2.45, 2.75) is 37.1 Å². The number of amides is 1. The summed E-state index contributed by atoms with van der Waals surface area (Å²) in [6.45, 7) is 1.47. The number of ether oxygens (including phenoxy) is 1. The summed E-state index contributed by atoms with van der Waals surface area (Å²) in [6, 6.07) is 18.6. The molecule has 0 saturated carbocycles. The highest BCUT2D eigenvalue weighted by Crippen LogP contribution is 2.35. The fourth-order valence-electron chi connectivity index (χ4n) is 4.24. The van der Waals surface area contributed by atoms with E-state index in [1.807, 2.05) is 13.0 Å². The van der Waals surface area contributed by atoms with Crippen LogP contribution in [0.15, 0.2) is 71.6 Å². The fraction of sp³-hybridized carbons (Fsp3) is 0.269. The van der Waals surface area contributed by atoms with E-state index in [1.54, 1.807) is 30.3 Å². The van der Waals surface area contributed by atoms with Crippen molar-refractivity contribution in [3.05, 3.63) is 88.4 Å². The van der Waals surface area contributed by atoms with Crippen molar-refractivity contribution in [2.24, 2.45) is 0 Å². The second-order valence-corrected chi connectivity index (χ2v) is 10.6. The van der Waals surface area contributed by atoms with E-state index in [1.165, 1.54) is 36.4 Å². The number of aryl methyl sites for hydroxylation is 2. The normalized spacial score (nSPS) is 13.7.